The van der Waals surface area contributed by atoms with Gasteiger partial charge in [0.1, 0.15) is 6.61 Å². The van der Waals surface area contributed by atoms with Crippen LogP contribution in [0.15, 0.2) is 29.5 Å². The van der Waals surface area contributed by atoms with E-state index in [1.807, 2.05) is 12.2 Å². The number of aliphatic hydroxyl groups excluding tert-OH is 2. The van der Waals surface area contributed by atoms with E-state index in [4.69, 9.17) is 4.84 Å². The molecule has 0 heterocycles. The van der Waals surface area contributed by atoms with Crippen molar-refractivity contribution in [3.8, 4) is 0 Å². The molecule has 3 saturated carbocycles. The maximum atomic E-state index is 13.1. The van der Waals surface area contributed by atoms with Crippen molar-refractivity contribution in [2.24, 2.45) is 39.7 Å². The van der Waals surface area contributed by atoms with Gasteiger partial charge in [-0.25, -0.2) is 0 Å². The molecule has 0 saturated heterocycles. The Hall–Kier alpha value is -1.46. The van der Waals surface area contributed by atoms with E-state index in [2.05, 4.69) is 32.5 Å². The zero-order valence-corrected chi connectivity index (χ0v) is 18.6. The number of oxime groups is 1. The summed E-state index contributed by atoms with van der Waals surface area (Å²) in [7, 11) is 0. The van der Waals surface area contributed by atoms with Gasteiger partial charge in [0, 0.05) is 18.3 Å². The number of nitrogens with zero attached hydrogens (tertiary/aromatic N) is 1. The maximum absolute atomic E-state index is 13.1. The molecular weight excluding hydrogens is 378 g/mol. The molecule has 0 aliphatic heterocycles. The predicted molar refractivity (Wildman–Crippen MR) is 117 cm³/mol. The van der Waals surface area contributed by atoms with Crippen LogP contribution in [0.4, 0.5) is 0 Å². The molecule has 3 unspecified atom stereocenters. The molecule has 4 aliphatic rings. The predicted octanol–water partition coefficient (Wildman–Crippen LogP) is 4.04. The highest BCUT2D eigenvalue weighted by Crippen LogP contribution is 2.65. The van der Waals surface area contributed by atoms with Crippen LogP contribution in [0.25, 0.3) is 0 Å². The average molecular weight is 416 g/mol. The van der Waals surface area contributed by atoms with Crippen molar-refractivity contribution in [3.05, 3.63) is 24.3 Å². The minimum atomic E-state index is -0.786. The van der Waals surface area contributed by atoms with Crippen molar-refractivity contribution in [2.75, 3.05) is 6.61 Å². The highest BCUT2D eigenvalue weighted by Gasteiger charge is 2.60. The van der Waals surface area contributed by atoms with Gasteiger partial charge in [-0.2, -0.15) is 0 Å². The normalized spacial score (nSPS) is 45.8. The minimum Gasteiger partial charge on any atom is -0.396 e. The van der Waals surface area contributed by atoms with E-state index in [-0.39, 0.29) is 22.5 Å². The van der Waals surface area contributed by atoms with Gasteiger partial charge in [0.05, 0.1) is 17.9 Å². The molecule has 0 radical (unpaired) electrons. The molecule has 0 aromatic heterocycles. The summed E-state index contributed by atoms with van der Waals surface area (Å²) in [5, 5.41) is 25.0. The molecule has 4 aliphatic carbocycles. The topological polar surface area (TPSA) is 79.1 Å². The van der Waals surface area contributed by atoms with Crippen LogP contribution in [-0.4, -0.2) is 40.5 Å². The van der Waals surface area contributed by atoms with Crippen LogP contribution >= 0.6 is 0 Å². The van der Waals surface area contributed by atoms with Crippen molar-refractivity contribution in [1.29, 1.82) is 0 Å². The van der Waals surface area contributed by atoms with Crippen LogP contribution in [-0.2, 0) is 9.63 Å². The molecule has 30 heavy (non-hydrogen) atoms. The van der Waals surface area contributed by atoms with Crippen LogP contribution in [0.1, 0.15) is 65.7 Å². The molecule has 2 N–H and O–H groups in total. The second-order valence-corrected chi connectivity index (χ2v) is 10.6. The smallest absolute Gasteiger partial charge is 0.159 e. The highest BCUT2D eigenvalue weighted by atomic mass is 16.6. The summed E-state index contributed by atoms with van der Waals surface area (Å²) >= 11 is 0. The van der Waals surface area contributed by atoms with E-state index in [0.29, 0.717) is 37.2 Å². The van der Waals surface area contributed by atoms with E-state index in [1.165, 1.54) is 5.57 Å². The molecule has 8 atom stereocenters. The third kappa shape index (κ3) is 3.29. The summed E-state index contributed by atoms with van der Waals surface area (Å²) in [5.74, 6) is 1.05. The first-order chi connectivity index (χ1) is 14.2. The molecule has 0 aromatic carbocycles. The first kappa shape index (κ1) is 21.8. The number of aliphatic hydroxyl groups is 2. The van der Waals surface area contributed by atoms with E-state index >= 15 is 0 Å². The van der Waals surface area contributed by atoms with E-state index in [0.717, 1.165) is 37.8 Å². The summed E-state index contributed by atoms with van der Waals surface area (Å²) < 4.78 is 0. The third-order valence-corrected chi connectivity index (χ3v) is 9.05. The third-order valence-electron chi connectivity index (χ3n) is 9.05. The van der Waals surface area contributed by atoms with Gasteiger partial charge in [0.25, 0.3) is 0 Å². The molecular formula is C25H37NO4. The summed E-state index contributed by atoms with van der Waals surface area (Å²) in [4.78, 5) is 18.6. The number of rotatable bonds is 5. The van der Waals surface area contributed by atoms with Crippen LogP contribution in [0.5, 0.6) is 0 Å². The fourth-order valence-corrected chi connectivity index (χ4v) is 7.43. The molecule has 4 rings (SSSR count). The van der Waals surface area contributed by atoms with Crippen LogP contribution < -0.4 is 0 Å². The van der Waals surface area contributed by atoms with Crippen molar-refractivity contribution in [3.63, 3.8) is 0 Å². The Bertz CT molecular complexity index is 773. The molecule has 0 amide bonds. The van der Waals surface area contributed by atoms with Crippen LogP contribution in [0.3, 0.4) is 0 Å². The van der Waals surface area contributed by atoms with Gasteiger partial charge in [0.2, 0.25) is 0 Å². The minimum absolute atomic E-state index is 0.0913. The average Bonchev–Trinajstić information content (AvgIpc) is 3.05. The van der Waals surface area contributed by atoms with Crippen molar-refractivity contribution in [2.45, 2.75) is 77.9 Å². The Kier molecular flexibility index (Phi) is 5.73. The monoisotopic (exact) mass is 415 g/mol. The number of fused-ring (bicyclic) bond motifs is 5. The van der Waals surface area contributed by atoms with E-state index in [9.17, 15) is 15.0 Å². The Labute approximate surface area is 180 Å². The fourth-order valence-electron chi connectivity index (χ4n) is 7.43. The lowest BCUT2D eigenvalue weighted by Gasteiger charge is -2.57. The van der Waals surface area contributed by atoms with Crippen LogP contribution in [0, 0.1) is 34.5 Å². The SMILES string of the molecule is C=CCCO/N=C(\C)[C@H]1CCC2C3=CC(=O)[C@@H]4CC(O)[C@@H](O)C[C@]4(C)C3CC[C@@]21C. The van der Waals surface area contributed by atoms with Crippen molar-refractivity contribution >= 4 is 11.5 Å². The number of hydrogen-bond acceptors (Lipinski definition) is 5. The number of carbonyl (C=O) groups excluding carboxylic acids is 1. The van der Waals surface area contributed by atoms with Gasteiger partial charge >= 0.3 is 0 Å². The largest absolute Gasteiger partial charge is 0.396 e. The lowest BCUT2D eigenvalue weighted by molar-refractivity contribution is -0.142. The van der Waals surface area contributed by atoms with Crippen LogP contribution in [0.2, 0.25) is 0 Å². The Morgan fingerprint density at radius 2 is 1.93 bits per heavy atom. The molecule has 0 aromatic rings. The summed E-state index contributed by atoms with van der Waals surface area (Å²) in [5.41, 5.74) is 2.20. The number of ketones is 1. The summed E-state index contributed by atoms with van der Waals surface area (Å²) in [6.07, 6.45) is 8.20. The number of hydrogen-bond donors (Lipinski definition) is 2. The lowest BCUT2D eigenvalue weighted by Crippen LogP contribution is -2.55. The Balaban J connectivity index is 1.60. The maximum Gasteiger partial charge on any atom is 0.159 e. The lowest BCUT2D eigenvalue weighted by atomic mass is 9.47. The zero-order chi connectivity index (χ0) is 21.7. The summed E-state index contributed by atoms with van der Waals surface area (Å²) in [6, 6.07) is 0. The van der Waals surface area contributed by atoms with Gasteiger partial charge in [0.15, 0.2) is 5.78 Å². The van der Waals surface area contributed by atoms with Gasteiger partial charge in [-0.1, -0.05) is 30.7 Å². The van der Waals surface area contributed by atoms with E-state index in [1.54, 1.807) is 0 Å². The number of carbonyl (C=O) groups is 1. The van der Waals surface area contributed by atoms with E-state index < -0.39 is 12.2 Å². The second-order valence-electron chi connectivity index (χ2n) is 10.6. The zero-order valence-electron chi connectivity index (χ0n) is 18.6. The van der Waals surface area contributed by atoms with Gasteiger partial charge in [-0.3, -0.25) is 4.79 Å². The Morgan fingerprint density at radius 3 is 2.67 bits per heavy atom. The van der Waals surface area contributed by atoms with Crippen molar-refractivity contribution < 1.29 is 19.8 Å². The van der Waals surface area contributed by atoms with Gasteiger partial charge in [-0.15, -0.1) is 6.58 Å². The van der Waals surface area contributed by atoms with Crippen molar-refractivity contribution in [1.82, 2.24) is 0 Å². The molecule has 0 bridgehead atoms. The highest BCUT2D eigenvalue weighted by molar-refractivity contribution is 5.95. The van der Waals surface area contributed by atoms with Gasteiger partial charge < -0.3 is 15.1 Å². The molecule has 166 valence electrons. The fraction of sp³-hybridized carbons (Fsp3) is 0.760. The first-order valence-electron chi connectivity index (χ1n) is 11.6. The summed E-state index contributed by atoms with van der Waals surface area (Å²) in [6.45, 7) is 10.9. The first-order valence-corrected chi connectivity index (χ1v) is 11.6. The quantitative estimate of drug-likeness (QED) is 0.307. The molecule has 3 fully saturated rings. The molecule has 5 nitrogen and oxygen atoms in total. The standard InChI is InChI=1S/C25H37NO4/c1-5-6-11-30-26-15(2)17-7-8-18-16-12-21(27)20-13-22(28)23(29)14-25(20,4)19(16)9-10-24(17,18)3/h5,12,17-20,22-23,28-29H,1,6-11,13-14H2,2-4H3/b26-15+/t17-,18?,19?,20+,22?,23+,24-,25-/m1/s1. The Morgan fingerprint density at radius 1 is 1.20 bits per heavy atom. The number of allylic oxidation sites excluding steroid dienone is 2. The molecule has 0 spiro atoms. The second kappa shape index (κ2) is 7.90. The van der Waals surface area contributed by atoms with Gasteiger partial charge in [-0.05, 0) is 74.2 Å². The molecule has 5 heteroatoms.